The van der Waals surface area contributed by atoms with E-state index >= 15 is 0 Å². The van der Waals surface area contributed by atoms with Crippen molar-refractivity contribution in [2.75, 3.05) is 27.2 Å². The first-order chi connectivity index (χ1) is 13.5. The van der Waals surface area contributed by atoms with Crippen molar-refractivity contribution < 1.29 is 18.8 Å². The largest absolute Gasteiger partial charge is 0.473 e. The molecule has 0 bridgehead atoms. The Morgan fingerprint density at radius 2 is 2.07 bits per heavy atom. The van der Waals surface area contributed by atoms with Crippen LogP contribution in [0.1, 0.15) is 40.4 Å². The molecule has 1 aliphatic heterocycles. The van der Waals surface area contributed by atoms with Gasteiger partial charge in [0.2, 0.25) is 5.88 Å². The monoisotopic (exact) mass is 385 g/mol. The lowest BCUT2D eigenvalue weighted by Gasteiger charge is -2.29. The zero-order valence-electron chi connectivity index (χ0n) is 16.5. The van der Waals surface area contributed by atoms with Gasteiger partial charge < -0.3 is 9.55 Å². The fourth-order valence-corrected chi connectivity index (χ4v) is 3.26. The second-order valence-corrected chi connectivity index (χ2v) is 7.06. The van der Waals surface area contributed by atoms with E-state index in [1.54, 1.807) is 18.2 Å². The zero-order valence-corrected chi connectivity index (χ0v) is 16.5. The standard InChI is InChI=1S/C20H25BFN3O3/c1-24(27-2)20(26)15-6-7-16(17(22)12-15)13-28-19-5-3-4-18(23-19)14-8-10-25(21)11-9-14/h3-7,12,14H,8-11,13,21H2,1-2H3. The third-order valence-electron chi connectivity index (χ3n) is 5.12. The minimum atomic E-state index is -0.498. The molecule has 1 fully saturated rings. The normalized spacial score (nSPS) is 15.4. The van der Waals surface area contributed by atoms with Crippen LogP contribution in [0.4, 0.5) is 4.39 Å². The Kier molecular flexibility index (Phi) is 6.64. The van der Waals surface area contributed by atoms with Crippen LogP contribution in [0.3, 0.4) is 0 Å². The predicted octanol–water partition coefficient (Wildman–Crippen LogP) is 2.16. The molecular weight excluding hydrogens is 360 g/mol. The number of benzene rings is 1. The van der Waals surface area contributed by atoms with E-state index < -0.39 is 11.7 Å². The number of hydrogen-bond donors (Lipinski definition) is 0. The summed E-state index contributed by atoms with van der Waals surface area (Å²) < 4.78 is 20.1. The van der Waals surface area contributed by atoms with Crippen molar-refractivity contribution in [2.24, 2.45) is 0 Å². The van der Waals surface area contributed by atoms with E-state index in [4.69, 9.17) is 9.57 Å². The lowest BCUT2D eigenvalue weighted by molar-refractivity contribution is -0.0757. The highest BCUT2D eigenvalue weighted by Crippen LogP contribution is 2.27. The van der Waals surface area contributed by atoms with Gasteiger partial charge in [0.15, 0.2) is 7.98 Å². The van der Waals surface area contributed by atoms with Crippen LogP contribution in [0.2, 0.25) is 0 Å². The molecule has 1 amide bonds. The number of amides is 1. The minimum absolute atomic E-state index is 0.0459. The lowest BCUT2D eigenvalue weighted by Crippen LogP contribution is -2.30. The van der Waals surface area contributed by atoms with Crippen LogP contribution < -0.4 is 4.74 Å². The fourth-order valence-electron chi connectivity index (χ4n) is 3.26. The summed E-state index contributed by atoms with van der Waals surface area (Å²) in [5, 5.41) is 1.05. The number of pyridine rings is 1. The second kappa shape index (κ2) is 9.17. The molecule has 0 unspecified atom stereocenters. The first kappa shape index (κ1) is 20.3. The third-order valence-corrected chi connectivity index (χ3v) is 5.12. The van der Waals surface area contributed by atoms with Crippen molar-refractivity contribution in [2.45, 2.75) is 25.4 Å². The first-order valence-corrected chi connectivity index (χ1v) is 9.37. The van der Waals surface area contributed by atoms with Crippen molar-refractivity contribution in [3.63, 3.8) is 0 Å². The Bertz CT molecular complexity index is 828. The minimum Gasteiger partial charge on any atom is -0.473 e. The highest BCUT2D eigenvalue weighted by atomic mass is 19.1. The average Bonchev–Trinajstić information content (AvgIpc) is 2.72. The van der Waals surface area contributed by atoms with Crippen molar-refractivity contribution >= 4 is 13.9 Å². The van der Waals surface area contributed by atoms with Crippen LogP contribution in [-0.2, 0) is 11.4 Å². The molecule has 1 saturated heterocycles. The van der Waals surface area contributed by atoms with Crippen LogP contribution in [-0.4, -0.2) is 56.0 Å². The molecule has 3 rings (SSSR count). The zero-order chi connectivity index (χ0) is 20.1. The maximum atomic E-state index is 14.4. The fraction of sp³-hybridized carbons (Fsp3) is 0.400. The number of carbonyl (C=O) groups is 1. The molecule has 28 heavy (non-hydrogen) atoms. The van der Waals surface area contributed by atoms with E-state index in [0.29, 0.717) is 17.4 Å². The van der Waals surface area contributed by atoms with E-state index in [-0.39, 0.29) is 12.2 Å². The van der Waals surface area contributed by atoms with Gasteiger partial charge in [0.1, 0.15) is 12.4 Å². The molecule has 0 aliphatic carbocycles. The molecule has 2 aromatic rings. The van der Waals surface area contributed by atoms with Gasteiger partial charge >= 0.3 is 0 Å². The molecule has 6 nitrogen and oxygen atoms in total. The van der Waals surface area contributed by atoms with Crippen LogP contribution in [0.5, 0.6) is 5.88 Å². The lowest BCUT2D eigenvalue weighted by atomic mass is 9.92. The highest BCUT2D eigenvalue weighted by Gasteiger charge is 2.20. The Labute approximate surface area is 165 Å². The molecule has 2 heterocycles. The number of hydroxylamine groups is 2. The molecule has 0 saturated carbocycles. The second-order valence-electron chi connectivity index (χ2n) is 7.06. The summed E-state index contributed by atoms with van der Waals surface area (Å²) in [4.78, 5) is 23.8. The van der Waals surface area contributed by atoms with E-state index in [0.717, 1.165) is 36.7 Å². The SMILES string of the molecule is BN1CCC(c2cccc(OCc3ccc(C(=O)N(C)OC)cc3F)n2)CC1. The van der Waals surface area contributed by atoms with E-state index in [1.165, 1.54) is 20.2 Å². The summed E-state index contributed by atoms with van der Waals surface area (Å²) in [5.41, 5.74) is 1.60. The highest BCUT2D eigenvalue weighted by molar-refractivity contribution is 6.04. The molecule has 0 atom stereocenters. The Balaban J connectivity index is 1.64. The van der Waals surface area contributed by atoms with Crippen LogP contribution in [0.15, 0.2) is 36.4 Å². The number of ether oxygens (including phenoxy) is 1. The Morgan fingerprint density at radius 3 is 2.75 bits per heavy atom. The number of rotatable bonds is 6. The number of hydrogen-bond acceptors (Lipinski definition) is 5. The number of nitrogens with zero attached hydrogens (tertiary/aromatic N) is 3. The van der Waals surface area contributed by atoms with Crippen LogP contribution >= 0.6 is 0 Å². The van der Waals surface area contributed by atoms with Crippen molar-refractivity contribution in [3.05, 3.63) is 59.0 Å². The summed E-state index contributed by atoms with van der Waals surface area (Å²) in [6.07, 6.45) is 2.15. The van der Waals surface area contributed by atoms with Crippen molar-refractivity contribution in [1.29, 1.82) is 0 Å². The summed E-state index contributed by atoms with van der Waals surface area (Å²) in [5.74, 6) is -0.00200. The van der Waals surface area contributed by atoms with Gasteiger partial charge in [0.05, 0.1) is 7.11 Å². The van der Waals surface area contributed by atoms with E-state index in [9.17, 15) is 9.18 Å². The average molecular weight is 385 g/mol. The van der Waals surface area contributed by atoms with Gasteiger partial charge in [-0.25, -0.2) is 14.4 Å². The number of piperidine rings is 1. The van der Waals surface area contributed by atoms with Gasteiger partial charge in [-0.15, -0.1) is 0 Å². The Hall–Kier alpha value is -2.45. The van der Waals surface area contributed by atoms with Gasteiger partial charge in [-0.3, -0.25) is 9.63 Å². The van der Waals surface area contributed by atoms with Gasteiger partial charge in [-0.05, 0) is 44.1 Å². The summed E-state index contributed by atoms with van der Waals surface area (Å²) in [7, 11) is 4.98. The summed E-state index contributed by atoms with van der Waals surface area (Å²) in [6.45, 7) is 2.17. The maximum Gasteiger partial charge on any atom is 0.277 e. The third kappa shape index (κ3) is 4.88. The number of carbonyl (C=O) groups excluding carboxylic acids is 1. The van der Waals surface area contributed by atoms with Crippen molar-refractivity contribution in [1.82, 2.24) is 14.9 Å². The van der Waals surface area contributed by atoms with Gasteiger partial charge in [0, 0.05) is 35.9 Å². The summed E-state index contributed by atoms with van der Waals surface area (Å²) in [6, 6.07) is 10.0. The van der Waals surface area contributed by atoms with Gasteiger partial charge in [0.25, 0.3) is 5.91 Å². The molecule has 1 aromatic carbocycles. The molecule has 1 aromatic heterocycles. The van der Waals surface area contributed by atoms with Crippen LogP contribution in [0.25, 0.3) is 0 Å². The van der Waals surface area contributed by atoms with Crippen molar-refractivity contribution in [3.8, 4) is 5.88 Å². The van der Waals surface area contributed by atoms with Crippen LogP contribution in [0, 0.1) is 5.82 Å². The molecular formula is C20H25BFN3O3. The quantitative estimate of drug-likeness (QED) is 0.564. The molecule has 8 heteroatoms. The Morgan fingerprint density at radius 1 is 1.32 bits per heavy atom. The topological polar surface area (TPSA) is 54.9 Å². The molecule has 0 radical (unpaired) electrons. The maximum absolute atomic E-state index is 14.4. The number of halogens is 1. The van der Waals surface area contributed by atoms with E-state index in [2.05, 4.69) is 17.8 Å². The van der Waals surface area contributed by atoms with E-state index in [1.807, 2.05) is 12.1 Å². The molecule has 1 aliphatic rings. The first-order valence-electron chi connectivity index (χ1n) is 9.37. The van der Waals surface area contributed by atoms with Gasteiger partial charge in [-0.1, -0.05) is 12.1 Å². The smallest absolute Gasteiger partial charge is 0.277 e. The number of aromatic nitrogens is 1. The molecule has 0 N–H and O–H groups in total. The van der Waals surface area contributed by atoms with Gasteiger partial charge in [-0.2, -0.15) is 0 Å². The summed E-state index contributed by atoms with van der Waals surface area (Å²) >= 11 is 0. The predicted molar refractivity (Wildman–Crippen MR) is 106 cm³/mol. The molecule has 0 spiro atoms. The molecule has 148 valence electrons.